The molecule has 3 rings (SSSR count). The van der Waals surface area contributed by atoms with E-state index >= 15 is 0 Å². The molecule has 0 saturated carbocycles. The number of hydrogen-bond donors (Lipinski definition) is 0. The van der Waals surface area contributed by atoms with Crippen LogP contribution in [0.5, 0.6) is 5.75 Å². The van der Waals surface area contributed by atoms with Crippen molar-refractivity contribution in [3.05, 3.63) is 24.0 Å². The molecule has 0 amide bonds. The van der Waals surface area contributed by atoms with Crippen LogP contribution in [0, 0.1) is 17.1 Å². The summed E-state index contributed by atoms with van der Waals surface area (Å²) in [5, 5.41) is 8.62. The van der Waals surface area contributed by atoms with Crippen molar-refractivity contribution in [1.82, 2.24) is 4.90 Å². The highest BCUT2D eigenvalue weighted by atomic mass is 19.1. The Morgan fingerprint density at radius 1 is 1.29 bits per heavy atom. The lowest BCUT2D eigenvalue weighted by Crippen LogP contribution is -2.53. The van der Waals surface area contributed by atoms with Crippen LogP contribution in [0.3, 0.4) is 0 Å². The molecule has 0 unspecified atom stereocenters. The van der Waals surface area contributed by atoms with E-state index in [4.69, 9.17) is 19.3 Å². The zero-order valence-corrected chi connectivity index (χ0v) is 14.5. The average Bonchev–Trinajstić information content (AvgIpc) is 2.65. The average molecular weight is 332 g/mol. The van der Waals surface area contributed by atoms with E-state index in [1.54, 1.807) is 12.1 Å². The molecule has 0 N–H and O–H groups in total. The zero-order valence-electron chi connectivity index (χ0n) is 14.5. The Bertz CT molecular complexity index is 652. The van der Waals surface area contributed by atoms with Crippen molar-refractivity contribution < 1.29 is 18.4 Å². The first-order valence-electron chi connectivity index (χ1n) is 8.13. The van der Waals surface area contributed by atoms with Crippen LogP contribution in [0.2, 0.25) is 0 Å². The Morgan fingerprint density at radius 3 is 2.46 bits per heavy atom. The number of benzene rings is 1. The monoisotopic (exact) mass is 332 g/mol. The van der Waals surface area contributed by atoms with E-state index in [-0.39, 0.29) is 6.10 Å². The summed E-state index contributed by atoms with van der Waals surface area (Å²) in [7, 11) is -0.723. The Labute approximate surface area is 142 Å². The third kappa shape index (κ3) is 3.14. The molecular weight excluding hydrogens is 310 g/mol. The molecule has 0 radical (unpaired) electrons. The van der Waals surface area contributed by atoms with Gasteiger partial charge in [0.15, 0.2) is 0 Å². The van der Waals surface area contributed by atoms with Crippen molar-refractivity contribution in [2.45, 2.75) is 45.0 Å². The maximum atomic E-state index is 14.5. The highest BCUT2D eigenvalue weighted by Gasteiger charge is 2.52. The van der Waals surface area contributed by atoms with E-state index in [0.717, 1.165) is 0 Å². The normalized spacial score (nSPS) is 22.9. The van der Waals surface area contributed by atoms with Gasteiger partial charge in [0.05, 0.1) is 23.8 Å². The number of nitrogens with zero attached hydrogens (tertiary/aromatic N) is 2. The van der Waals surface area contributed by atoms with Gasteiger partial charge in [-0.15, -0.1) is 0 Å². The van der Waals surface area contributed by atoms with Crippen molar-refractivity contribution >= 4 is 12.6 Å². The van der Waals surface area contributed by atoms with E-state index in [0.29, 0.717) is 30.8 Å². The molecule has 2 aliphatic rings. The summed E-state index contributed by atoms with van der Waals surface area (Å²) in [5.74, 6) is 0.0774. The van der Waals surface area contributed by atoms with Gasteiger partial charge in [-0.3, -0.25) is 4.90 Å². The fourth-order valence-corrected chi connectivity index (χ4v) is 2.76. The second-order valence-electron chi connectivity index (χ2n) is 7.36. The summed E-state index contributed by atoms with van der Waals surface area (Å²) in [6.45, 7) is 9.52. The minimum absolute atomic E-state index is 0.000414. The lowest BCUT2D eigenvalue weighted by atomic mass is 9.78. The standard InChI is InChI=1S/C17H22BFN2O3/c1-16(2)17(3,4)24-18(23-16)14-6-5-12(9-15(14)19)22-13-10-21(11-13)8-7-20/h5-6,9,13H,8,10-11H2,1-4H3. The van der Waals surface area contributed by atoms with E-state index in [9.17, 15) is 4.39 Å². The molecule has 7 heteroatoms. The first-order valence-corrected chi connectivity index (χ1v) is 8.13. The molecule has 2 heterocycles. The van der Waals surface area contributed by atoms with E-state index in [1.165, 1.54) is 6.07 Å². The third-order valence-electron chi connectivity index (χ3n) is 5.00. The minimum Gasteiger partial charge on any atom is -0.488 e. The van der Waals surface area contributed by atoms with Crippen molar-refractivity contribution in [2.75, 3.05) is 19.6 Å². The summed E-state index contributed by atoms with van der Waals surface area (Å²) in [4.78, 5) is 1.97. The molecule has 2 aliphatic heterocycles. The predicted molar refractivity (Wildman–Crippen MR) is 88.6 cm³/mol. The van der Waals surface area contributed by atoms with Crippen LogP contribution in [-0.4, -0.2) is 49.0 Å². The lowest BCUT2D eigenvalue weighted by molar-refractivity contribution is 0.00578. The SMILES string of the molecule is CC1(C)OB(c2ccc(OC3CN(CC#N)C3)cc2F)OC1(C)C. The Hall–Kier alpha value is -1.62. The highest BCUT2D eigenvalue weighted by Crippen LogP contribution is 2.36. The highest BCUT2D eigenvalue weighted by molar-refractivity contribution is 6.62. The molecule has 2 fully saturated rings. The molecule has 0 aliphatic carbocycles. The number of rotatable bonds is 4. The maximum Gasteiger partial charge on any atom is 0.497 e. The van der Waals surface area contributed by atoms with Gasteiger partial charge in [-0.2, -0.15) is 5.26 Å². The van der Waals surface area contributed by atoms with Crippen molar-refractivity contribution in [1.29, 1.82) is 5.26 Å². The first-order chi connectivity index (χ1) is 11.2. The largest absolute Gasteiger partial charge is 0.497 e. The van der Waals surface area contributed by atoms with Crippen LogP contribution >= 0.6 is 0 Å². The van der Waals surface area contributed by atoms with E-state index < -0.39 is 24.1 Å². The van der Waals surface area contributed by atoms with Crippen molar-refractivity contribution in [3.63, 3.8) is 0 Å². The number of nitriles is 1. The van der Waals surface area contributed by atoms with Crippen LogP contribution in [-0.2, 0) is 9.31 Å². The van der Waals surface area contributed by atoms with Crippen LogP contribution in [0.25, 0.3) is 0 Å². The number of ether oxygens (including phenoxy) is 1. The Kier molecular flexibility index (Phi) is 4.33. The minimum atomic E-state index is -0.723. The molecule has 0 aromatic heterocycles. The molecule has 1 aromatic rings. The molecule has 0 bridgehead atoms. The first kappa shape index (κ1) is 17.2. The summed E-state index contributed by atoms with van der Waals surface area (Å²) < 4.78 is 32.0. The molecule has 24 heavy (non-hydrogen) atoms. The van der Waals surface area contributed by atoms with Crippen LogP contribution in [0.4, 0.5) is 4.39 Å². The molecule has 128 valence electrons. The molecule has 2 saturated heterocycles. The predicted octanol–water partition coefficient (Wildman–Crippen LogP) is 1.71. The number of hydrogen-bond acceptors (Lipinski definition) is 5. The van der Waals surface area contributed by atoms with E-state index in [1.807, 2.05) is 32.6 Å². The Balaban J connectivity index is 1.65. The van der Waals surface area contributed by atoms with Crippen LogP contribution < -0.4 is 10.2 Å². The fraction of sp³-hybridized carbons (Fsp3) is 0.588. The molecule has 0 atom stereocenters. The van der Waals surface area contributed by atoms with Gasteiger partial charge in [-0.05, 0) is 33.8 Å². The summed E-state index contributed by atoms with van der Waals surface area (Å²) in [5.41, 5.74) is -0.633. The fourth-order valence-electron chi connectivity index (χ4n) is 2.76. The van der Waals surface area contributed by atoms with Crippen molar-refractivity contribution in [3.8, 4) is 11.8 Å². The smallest absolute Gasteiger partial charge is 0.488 e. The van der Waals surface area contributed by atoms with Crippen LogP contribution in [0.15, 0.2) is 18.2 Å². The van der Waals surface area contributed by atoms with Gasteiger partial charge in [0.25, 0.3) is 0 Å². The van der Waals surface area contributed by atoms with Crippen LogP contribution in [0.1, 0.15) is 27.7 Å². The third-order valence-corrected chi connectivity index (χ3v) is 5.00. The van der Waals surface area contributed by atoms with Gasteiger partial charge >= 0.3 is 7.12 Å². The second-order valence-corrected chi connectivity index (χ2v) is 7.36. The lowest BCUT2D eigenvalue weighted by Gasteiger charge is -2.37. The summed E-state index contributed by atoms with van der Waals surface area (Å²) in [6.07, 6.45) is 0.000414. The van der Waals surface area contributed by atoms with Gasteiger partial charge in [0.2, 0.25) is 0 Å². The number of halogens is 1. The molecule has 5 nitrogen and oxygen atoms in total. The van der Waals surface area contributed by atoms with Crippen molar-refractivity contribution in [2.24, 2.45) is 0 Å². The van der Waals surface area contributed by atoms with E-state index in [2.05, 4.69) is 6.07 Å². The molecular formula is C17H22BFN2O3. The summed E-state index contributed by atoms with van der Waals surface area (Å²) in [6, 6.07) is 6.85. The number of likely N-dealkylation sites (tertiary alicyclic amines) is 1. The van der Waals surface area contributed by atoms with Gasteiger partial charge < -0.3 is 14.0 Å². The Morgan fingerprint density at radius 2 is 1.92 bits per heavy atom. The topological polar surface area (TPSA) is 54.7 Å². The van der Waals surface area contributed by atoms with Gasteiger partial charge in [0, 0.05) is 24.6 Å². The summed E-state index contributed by atoms with van der Waals surface area (Å²) >= 11 is 0. The zero-order chi connectivity index (χ0) is 17.5. The second kappa shape index (κ2) is 6.03. The quantitative estimate of drug-likeness (QED) is 0.621. The van der Waals surface area contributed by atoms with Gasteiger partial charge in [-0.1, -0.05) is 6.07 Å². The molecule has 1 aromatic carbocycles. The molecule has 0 spiro atoms. The van der Waals surface area contributed by atoms with Gasteiger partial charge in [0.1, 0.15) is 17.7 Å². The maximum absolute atomic E-state index is 14.5. The van der Waals surface area contributed by atoms with Gasteiger partial charge in [-0.25, -0.2) is 4.39 Å².